The van der Waals surface area contributed by atoms with Gasteiger partial charge in [-0.2, -0.15) is 0 Å². The van der Waals surface area contributed by atoms with E-state index in [1.165, 1.54) is 16.9 Å². The number of nitrogens with one attached hydrogen (secondary N) is 1. The van der Waals surface area contributed by atoms with Gasteiger partial charge in [-0.1, -0.05) is 45.0 Å². The summed E-state index contributed by atoms with van der Waals surface area (Å²) in [6.45, 7) is 10.0. The molecule has 198 valence electrons. The third-order valence-electron chi connectivity index (χ3n) is 5.68. The molecule has 2 aromatic rings. The van der Waals surface area contributed by atoms with Gasteiger partial charge in [0.25, 0.3) is 5.91 Å². The van der Waals surface area contributed by atoms with E-state index in [0.29, 0.717) is 22.7 Å². The predicted molar refractivity (Wildman–Crippen MR) is 141 cm³/mol. The summed E-state index contributed by atoms with van der Waals surface area (Å²) in [6, 6.07) is 12.5. The number of rotatable bonds is 5. The van der Waals surface area contributed by atoms with Crippen LogP contribution in [0.4, 0.5) is 16.2 Å². The Labute approximate surface area is 217 Å². The number of amides is 3. The molecule has 9 heteroatoms. The molecular formula is C28H35N3O6. The number of ketones is 1. The Balaban J connectivity index is 2.08. The third-order valence-corrected chi connectivity index (χ3v) is 5.68. The Morgan fingerprint density at radius 3 is 2.14 bits per heavy atom. The van der Waals surface area contributed by atoms with Crippen LogP contribution >= 0.6 is 0 Å². The fourth-order valence-corrected chi connectivity index (χ4v) is 4.01. The molecule has 1 N–H and O–H groups in total. The van der Waals surface area contributed by atoms with Gasteiger partial charge in [-0.25, -0.2) is 4.79 Å². The van der Waals surface area contributed by atoms with Crippen molar-refractivity contribution in [1.82, 2.24) is 5.32 Å². The first-order valence-electron chi connectivity index (χ1n) is 12.1. The smallest absolute Gasteiger partial charge is 0.408 e. The number of hydrogen-bond acceptors (Lipinski definition) is 6. The molecule has 1 aliphatic rings. The molecule has 0 fully saturated rings. The highest BCUT2D eigenvalue weighted by atomic mass is 16.6. The van der Waals surface area contributed by atoms with E-state index in [0.717, 1.165) is 0 Å². The third kappa shape index (κ3) is 6.47. The number of alkyl carbamates (subject to hydrolysis) is 1. The van der Waals surface area contributed by atoms with Gasteiger partial charge >= 0.3 is 6.09 Å². The first-order chi connectivity index (χ1) is 17.2. The molecule has 0 radical (unpaired) electrons. The van der Waals surface area contributed by atoms with Gasteiger partial charge in [0.1, 0.15) is 17.4 Å². The van der Waals surface area contributed by atoms with E-state index in [1.54, 1.807) is 90.1 Å². The first-order valence-corrected chi connectivity index (χ1v) is 12.1. The summed E-state index contributed by atoms with van der Waals surface area (Å²) in [4.78, 5) is 56.2. The maximum Gasteiger partial charge on any atom is 0.408 e. The summed E-state index contributed by atoms with van der Waals surface area (Å²) in [5, 5.41) is 2.62. The van der Waals surface area contributed by atoms with Gasteiger partial charge < -0.3 is 24.6 Å². The van der Waals surface area contributed by atoms with Crippen molar-refractivity contribution in [2.75, 3.05) is 30.0 Å². The SMILES string of the molecule is COc1ccccc1C(=O)CN1C(=O)C(NC(=O)OC(C)(C)C)CN(C(=O)C(C)(C)C)c2ccccc21. The molecule has 2 aromatic carbocycles. The summed E-state index contributed by atoms with van der Waals surface area (Å²) in [5.74, 6) is -0.740. The van der Waals surface area contributed by atoms with E-state index in [2.05, 4.69) is 5.32 Å². The minimum absolute atomic E-state index is 0.120. The highest BCUT2D eigenvalue weighted by Gasteiger charge is 2.40. The monoisotopic (exact) mass is 509 g/mol. The Hall–Kier alpha value is -3.88. The van der Waals surface area contributed by atoms with E-state index < -0.39 is 29.1 Å². The van der Waals surface area contributed by atoms with Crippen LogP contribution in [0.1, 0.15) is 51.9 Å². The molecule has 0 saturated carbocycles. The second-order valence-electron chi connectivity index (χ2n) is 10.9. The number of carbonyl (C=O) groups excluding carboxylic acids is 4. The summed E-state index contributed by atoms with van der Waals surface area (Å²) in [7, 11) is 1.47. The van der Waals surface area contributed by atoms with E-state index in [-0.39, 0.29) is 24.8 Å². The first kappa shape index (κ1) is 27.7. The Morgan fingerprint density at radius 1 is 0.946 bits per heavy atom. The minimum atomic E-state index is -1.15. The zero-order valence-corrected chi connectivity index (χ0v) is 22.5. The summed E-state index contributed by atoms with van der Waals surface area (Å²) in [6.07, 6.45) is -0.795. The Bertz CT molecular complexity index is 1190. The lowest BCUT2D eigenvalue weighted by molar-refractivity contribution is -0.126. The fourth-order valence-electron chi connectivity index (χ4n) is 4.01. The van der Waals surface area contributed by atoms with Crippen LogP contribution in [0.15, 0.2) is 48.5 Å². The number of nitrogens with zero attached hydrogens (tertiary/aromatic N) is 2. The molecule has 1 unspecified atom stereocenters. The largest absolute Gasteiger partial charge is 0.496 e. The van der Waals surface area contributed by atoms with Crippen molar-refractivity contribution in [2.24, 2.45) is 5.41 Å². The minimum Gasteiger partial charge on any atom is -0.496 e. The number of methoxy groups -OCH3 is 1. The molecule has 0 spiro atoms. The van der Waals surface area contributed by atoms with Gasteiger partial charge in [-0.15, -0.1) is 0 Å². The zero-order valence-electron chi connectivity index (χ0n) is 22.5. The summed E-state index contributed by atoms with van der Waals surface area (Å²) >= 11 is 0. The lowest BCUT2D eigenvalue weighted by Gasteiger charge is -2.31. The number of anilines is 2. The molecule has 1 atom stereocenters. The van der Waals surface area contributed by atoms with Crippen molar-refractivity contribution in [2.45, 2.75) is 53.2 Å². The molecule has 0 aromatic heterocycles. The second-order valence-corrected chi connectivity index (χ2v) is 10.9. The molecule has 1 aliphatic heterocycles. The number of fused-ring (bicyclic) bond motifs is 1. The van der Waals surface area contributed by atoms with Gasteiger partial charge in [0, 0.05) is 5.41 Å². The number of para-hydroxylation sites is 3. The molecule has 3 amide bonds. The number of ether oxygens (including phenoxy) is 2. The molecule has 0 saturated heterocycles. The molecule has 37 heavy (non-hydrogen) atoms. The maximum absolute atomic E-state index is 13.9. The van der Waals surface area contributed by atoms with Gasteiger partial charge in [0.2, 0.25) is 5.91 Å². The van der Waals surface area contributed by atoms with Crippen molar-refractivity contribution in [3.05, 3.63) is 54.1 Å². The number of hydrogen-bond donors (Lipinski definition) is 1. The maximum atomic E-state index is 13.9. The highest BCUT2D eigenvalue weighted by Crippen LogP contribution is 2.36. The average Bonchev–Trinajstić information content (AvgIpc) is 2.92. The van der Waals surface area contributed by atoms with Crippen LogP contribution in [0.25, 0.3) is 0 Å². The standard InChI is InChI=1S/C28H35N3O6/c1-27(2,3)25(34)31-16-19(29-26(35)37-28(4,5)6)24(33)30(20-13-9-10-14-21(20)31)17-22(32)18-12-8-11-15-23(18)36-7/h8-15,19H,16-17H2,1-7H3,(H,29,35). The van der Waals surface area contributed by atoms with Crippen molar-refractivity contribution in [1.29, 1.82) is 0 Å². The van der Waals surface area contributed by atoms with Crippen LogP contribution < -0.4 is 19.9 Å². The van der Waals surface area contributed by atoms with E-state index in [1.807, 2.05) is 0 Å². The molecule has 0 bridgehead atoms. The quantitative estimate of drug-likeness (QED) is 0.606. The average molecular weight is 510 g/mol. The Kier molecular flexibility index (Phi) is 7.95. The van der Waals surface area contributed by atoms with E-state index >= 15 is 0 Å². The highest BCUT2D eigenvalue weighted by molar-refractivity contribution is 6.13. The van der Waals surface area contributed by atoms with Crippen LogP contribution in [0, 0.1) is 5.41 Å². The Morgan fingerprint density at radius 2 is 1.54 bits per heavy atom. The zero-order chi connectivity index (χ0) is 27.5. The lowest BCUT2D eigenvalue weighted by Crippen LogP contribution is -2.55. The topological polar surface area (TPSA) is 105 Å². The van der Waals surface area contributed by atoms with Gasteiger partial charge in [0.05, 0.1) is 37.1 Å². The normalized spacial score (nSPS) is 16.0. The number of benzene rings is 2. The second kappa shape index (κ2) is 10.6. The molecule has 1 heterocycles. The van der Waals surface area contributed by atoms with E-state index in [4.69, 9.17) is 9.47 Å². The summed E-state index contributed by atoms with van der Waals surface area (Å²) in [5.41, 5.74) is -0.381. The van der Waals surface area contributed by atoms with Crippen LogP contribution in [-0.2, 0) is 14.3 Å². The molecular weight excluding hydrogens is 474 g/mol. The number of carbonyl (C=O) groups is 4. The van der Waals surface area contributed by atoms with Crippen LogP contribution in [-0.4, -0.2) is 55.5 Å². The molecule has 0 aliphatic carbocycles. The van der Waals surface area contributed by atoms with Crippen molar-refractivity contribution in [3.8, 4) is 5.75 Å². The summed E-state index contributed by atoms with van der Waals surface area (Å²) < 4.78 is 10.7. The van der Waals surface area contributed by atoms with Crippen molar-refractivity contribution < 1.29 is 28.7 Å². The van der Waals surface area contributed by atoms with E-state index in [9.17, 15) is 19.2 Å². The van der Waals surface area contributed by atoms with Crippen molar-refractivity contribution in [3.63, 3.8) is 0 Å². The van der Waals surface area contributed by atoms with Crippen LogP contribution in [0.3, 0.4) is 0 Å². The lowest BCUT2D eigenvalue weighted by atomic mass is 9.94. The fraction of sp³-hybridized carbons (Fsp3) is 0.429. The van der Waals surface area contributed by atoms with Gasteiger partial charge in [-0.05, 0) is 45.0 Å². The van der Waals surface area contributed by atoms with Crippen LogP contribution in [0.2, 0.25) is 0 Å². The number of Topliss-reactive ketones (excluding diaryl/α,β-unsaturated/α-hetero) is 1. The van der Waals surface area contributed by atoms with Crippen molar-refractivity contribution >= 4 is 35.1 Å². The predicted octanol–water partition coefficient (Wildman–Crippen LogP) is 4.20. The molecule has 3 rings (SSSR count). The van der Waals surface area contributed by atoms with Gasteiger partial charge in [-0.3, -0.25) is 14.4 Å². The molecule has 9 nitrogen and oxygen atoms in total. The van der Waals surface area contributed by atoms with Crippen LogP contribution in [0.5, 0.6) is 5.75 Å². The van der Waals surface area contributed by atoms with Gasteiger partial charge in [0.15, 0.2) is 5.78 Å².